The quantitative estimate of drug-likeness (QED) is 0.684. The largest absolute Gasteiger partial charge is 0.350 e. The summed E-state index contributed by atoms with van der Waals surface area (Å²) < 4.78 is 28.2. The number of rotatable bonds is 7. The van der Waals surface area contributed by atoms with Gasteiger partial charge in [-0.3, -0.25) is 9.59 Å². The molecular formula is C22H26N4O4S. The van der Waals surface area contributed by atoms with E-state index in [1.165, 1.54) is 11.0 Å². The minimum absolute atomic E-state index is 0.0436. The number of nitrogens with zero attached hydrogens (tertiary/aromatic N) is 2. The highest BCUT2D eigenvalue weighted by molar-refractivity contribution is 7.90. The van der Waals surface area contributed by atoms with Gasteiger partial charge < -0.3 is 15.5 Å². The minimum Gasteiger partial charge on any atom is -0.350 e. The summed E-state index contributed by atoms with van der Waals surface area (Å²) in [4.78, 5) is 26.1. The molecule has 0 aliphatic carbocycles. The fourth-order valence-electron chi connectivity index (χ4n) is 3.12. The Bertz CT molecular complexity index is 1130. The first-order chi connectivity index (χ1) is 14.7. The molecule has 8 nitrogen and oxygen atoms in total. The summed E-state index contributed by atoms with van der Waals surface area (Å²) in [6.07, 6.45) is 0.756. The molecule has 164 valence electrons. The maximum atomic E-state index is 12.4. The highest BCUT2D eigenvalue weighted by Crippen LogP contribution is 2.26. The van der Waals surface area contributed by atoms with Gasteiger partial charge in [-0.15, -0.1) is 4.40 Å². The Hall–Kier alpha value is -3.20. The Balaban J connectivity index is 1.59. The molecule has 0 spiro atoms. The van der Waals surface area contributed by atoms with Gasteiger partial charge in [-0.25, -0.2) is 0 Å². The summed E-state index contributed by atoms with van der Waals surface area (Å²) in [5.41, 5.74) is 2.00. The van der Waals surface area contributed by atoms with Crippen LogP contribution in [0.4, 0.5) is 5.69 Å². The molecule has 1 heterocycles. The van der Waals surface area contributed by atoms with Crippen molar-refractivity contribution in [3.8, 4) is 0 Å². The van der Waals surface area contributed by atoms with E-state index in [1.54, 1.807) is 31.3 Å². The Morgan fingerprint density at radius 1 is 1.13 bits per heavy atom. The van der Waals surface area contributed by atoms with Gasteiger partial charge in [0.05, 0.1) is 6.54 Å². The third-order valence-corrected chi connectivity index (χ3v) is 6.42. The number of amides is 2. The fourth-order valence-corrected chi connectivity index (χ4v) is 4.37. The molecule has 2 aromatic rings. The van der Waals surface area contributed by atoms with Gasteiger partial charge >= 0.3 is 0 Å². The van der Waals surface area contributed by atoms with Crippen molar-refractivity contribution >= 4 is 33.4 Å². The fraction of sp³-hybridized carbons (Fsp3) is 0.318. The van der Waals surface area contributed by atoms with Crippen molar-refractivity contribution in [1.82, 2.24) is 10.2 Å². The number of fused-ring (bicyclic) bond motifs is 1. The molecule has 3 rings (SSSR count). The number of anilines is 1. The molecule has 2 N–H and O–H groups in total. The first-order valence-electron chi connectivity index (χ1n) is 10.0. The molecule has 9 heteroatoms. The van der Waals surface area contributed by atoms with Crippen molar-refractivity contribution in [1.29, 1.82) is 0 Å². The van der Waals surface area contributed by atoms with E-state index in [4.69, 9.17) is 0 Å². The molecule has 31 heavy (non-hydrogen) atoms. The first kappa shape index (κ1) is 22.5. The lowest BCUT2D eigenvalue weighted by Gasteiger charge is -2.18. The highest BCUT2D eigenvalue weighted by Gasteiger charge is 2.30. The van der Waals surface area contributed by atoms with Crippen molar-refractivity contribution in [3.05, 3.63) is 59.7 Å². The summed E-state index contributed by atoms with van der Waals surface area (Å²) >= 11 is 0. The number of amidine groups is 1. The molecule has 1 atom stereocenters. The van der Waals surface area contributed by atoms with Gasteiger partial charge in [0, 0.05) is 30.8 Å². The van der Waals surface area contributed by atoms with Crippen LogP contribution >= 0.6 is 0 Å². The summed E-state index contributed by atoms with van der Waals surface area (Å²) in [5, 5.41) is 5.69. The number of benzene rings is 2. The first-order valence-corrected chi connectivity index (χ1v) is 11.5. The molecule has 0 fully saturated rings. The standard InChI is InChI=1S/C22H26N4O4S/c1-4-15(2)22(28)24-17-9-7-8-16(12-17)13-23-20(27)14-26(3)21-18-10-5-6-11-19(18)31(29,30)25-21/h5-12,15H,4,13-14H2,1-3H3,(H,23,27)(H,24,28)/t15-/m1/s1. The molecule has 0 unspecified atom stereocenters. The van der Waals surface area contributed by atoms with Crippen LogP contribution in [0.2, 0.25) is 0 Å². The van der Waals surface area contributed by atoms with Crippen LogP contribution in [0.15, 0.2) is 57.8 Å². The van der Waals surface area contributed by atoms with Gasteiger partial charge in [0.25, 0.3) is 10.0 Å². The number of carbonyl (C=O) groups is 2. The van der Waals surface area contributed by atoms with E-state index in [0.29, 0.717) is 11.3 Å². The SMILES string of the molecule is CC[C@@H](C)C(=O)Nc1cccc(CNC(=O)CN(C)C2=NS(=O)(=O)c3ccccc32)c1. The number of nitrogens with one attached hydrogen (secondary N) is 2. The molecule has 2 aromatic carbocycles. The van der Waals surface area contributed by atoms with Crippen LogP contribution in [-0.2, 0) is 26.2 Å². The second-order valence-corrected chi connectivity index (χ2v) is 9.09. The maximum absolute atomic E-state index is 12.4. The normalized spacial score (nSPS) is 14.9. The van der Waals surface area contributed by atoms with Crippen LogP contribution in [0.5, 0.6) is 0 Å². The summed E-state index contributed by atoms with van der Waals surface area (Å²) in [5.74, 6) is -0.147. The summed E-state index contributed by atoms with van der Waals surface area (Å²) in [6.45, 7) is 4.06. The van der Waals surface area contributed by atoms with Crippen LogP contribution in [-0.4, -0.2) is 44.6 Å². The van der Waals surface area contributed by atoms with E-state index in [-0.39, 0.29) is 41.6 Å². The van der Waals surface area contributed by atoms with E-state index < -0.39 is 10.0 Å². The van der Waals surface area contributed by atoms with Crippen LogP contribution in [0.25, 0.3) is 0 Å². The Morgan fingerprint density at radius 2 is 1.87 bits per heavy atom. The topological polar surface area (TPSA) is 108 Å². The predicted octanol–water partition coefficient (Wildman–Crippen LogP) is 2.37. The number of hydrogen-bond acceptors (Lipinski definition) is 5. The second-order valence-electron chi connectivity index (χ2n) is 7.52. The summed E-state index contributed by atoms with van der Waals surface area (Å²) in [6, 6.07) is 13.8. The smallest absolute Gasteiger partial charge is 0.285 e. The van der Waals surface area contributed by atoms with Crippen molar-refractivity contribution in [2.75, 3.05) is 18.9 Å². The van der Waals surface area contributed by atoms with E-state index in [2.05, 4.69) is 15.0 Å². The van der Waals surface area contributed by atoms with Gasteiger partial charge in [-0.1, -0.05) is 38.1 Å². The van der Waals surface area contributed by atoms with Gasteiger partial charge in [-0.05, 0) is 36.2 Å². The average molecular weight is 443 g/mol. The lowest BCUT2D eigenvalue weighted by Crippen LogP contribution is -2.38. The van der Waals surface area contributed by atoms with Crippen LogP contribution in [0.1, 0.15) is 31.4 Å². The predicted molar refractivity (Wildman–Crippen MR) is 119 cm³/mol. The van der Waals surface area contributed by atoms with Crippen molar-refractivity contribution in [2.45, 2.75) is 31.7 Å². The Kier molecular flexibility index (Phi) is 6.74. The van der Waals surface area contributed by atoms with E-state index in [9.17, 15) is 18.0 Å². The molecule has 0 bridgehead atoms. The number of hydrogen-bond donors (Lipinski definition) is 2. The number of carbonyl (C=O) groups excluding carboxylic acids is 2. The molecule has 0 aromatic heterocycles. The van der Waals surface area contributed by atoms with Gasteiger partial charge in [-0.2, -0.15) is 8.42 Å². The zero-order valence-electron chi connectivity index (χ0n) is 17.8. The van der Waals surface area contributed by atoms with Crippen LogP contribution < -0.4 is 10.6 Å². The van der Waals surface area contributed by atoms with Gasteiger partial charge in [0.15, 0.2) is 5.84 Å². The monoisotopic (exact) mass is 442 g/mol. The lowest BCUT2D eigenvalue weighted by atomic mass is 10.1. The molecule has 0 saturated carbocycles. The second kappa shape index (κ2) is 9.30. The minimum atomic E-state index is -3.73. The summed E-state index contributed by atoms with van der Waals surface area (Å²) in [7, 11) is -2.11. The van der Waals surface area contributed by atoms with Crippen LogP contribution in [0, 0.1) is 5.92 Å². The van der Waals surface area contributed by atoms with E-state index >= 15 is 0 Å². The Morgan fingerprint density at radius 3 is 2.61 bits per heavy atom. The number of sulfonamides is 1. The molecule has 1 aliphatic rings. The maximum Gasteiger partial charge on any atom is 0.285 e. The highest BCUT2D eigenvalue weighted by atomic mass is 32.2. The van der Waals surface area contributed by atoms with Crippen molar-refractivity contribution < 1.29 is 18.0 Å². The van der Waals surface area contributed by atoms with Gasteiger partial charge in [0.2, 0.25) is 11.8 Å². The Labute approximate surface area is 182 Å². The van der Waals surface area contributed by atoms with E-state index in [0.717, 1.165) is 12.0 Å². The zero-order chi connectivity index (χ0) is 22.6. The van der Waals surface area contributed by atoms with Gasteiger partial charge in [0.1, 0.15) is 4.90 Å². The van der Waals surface area contributed by atoms with Crippen LogP contribution in [0.3, 0.4) is 0 Å². The zero-order valence-corrected chi connectivity index (χ0v) is 18.6. The molecular weight excluding hydrogens is 416 g/mol. The van der Waals surface area contributed by atoms with Crippen molar-refractivity contribution in [3.63, 3.8) is 0 Å². The molecule has 0 saturated heterocycles. The third kappa shape index (κ3) is 5.29. The lowest BCUT2D eigenvalue weighted by molar-refractivity contribution is -0.121. The molecule has 1 aliphatic heterocycles. The van der Waals surface area contributed by atoms with E-state index in [1.807, 2.05) is 32.0 Å². The molecule has 2 amide bonds. The average Bonchev–Trinajstić information content (AvgIpc) is 3.03. The number of likely N-dealkylation sites (N-methyl/N-ethyl adjacent to an activating group) is 1. The van der Waals surface area contributed by atoms with Crippen molar-refractivity contribution in [2.24, 2.45) is 10.3 Å². The molecule has 0 radical (unpaired) electrons. The third-order valence-electron chi connectivity index (χ3n) is 5.10.